The Hall–Kier alpha value is -2.08. The molecular weight excluding hydrogens is 320 g/mol. The van der Waals surface area contributed by atoms with Gasteiger partial charge in [0, 0.05) is 32.4 Å². The fraction of sp³-hybridized carbons (Fsp3) is 0.444. The summed E-state index contributed by atoms with van der Waals surface area (Å²) in [6.45, 7) is 1.45. The van der Waals surface area contributed by atoms with Crippen LogP contribution in [0, 0.1) is 0 Å². The molecule has 0 aromatic carbocycles. The first kappa shape index (κ1) is 16.8. The van der Waals surface area contributed by atoms with Crippen molar-refractivity contribution in [2.24, 2.45) is 4.99 Å². The molecule has 0 unspecified atom stereocenters. The monoisotopic (exact) mass is 344 g/mol. The van der Waals surface area contributed by atoms with E-state index in [4.69, 9.17) is 4.74 Å². The van der Waals surface area contributed by atoms with Crippen LogP contribution in [-0.4, -0.2) is 24.1 Å². The maximum absolute atomic E-state index is 5.89. The summed E-state index contributed by atoms with van der Waals surface area (Å²) < 4.78 is 5.89. The molecule has 128 valence electrons. The Morgan fingerprint density at radius 3 is 2.62 bits per heavy atom. The van der Waals surface area contributed by atoms with Crippen molar-refractivity contribution in [2.75, 3.05) is 7.05 Å². The highest BCUT2D eigenvalue weighted by Gasteiger charge is 2.16. The molecule has 3 rings (SSSR count). The van der Waals surface area contributed by atoms with Crippen molar-refractivity contribution in [3.63, 3.8) is 0 Å². The third-order valence-electron chi connectivity index (χ3n) is 4.11. The minimum absolute atomic E-state index is 0.349. The molecule has 2 N–H and O–H groups in total. The van der Waals surface area contributed by atoms with Crippen molar-refractivity contribution in [1.82, 2.24) is 15.6 Å². The SMILES string of the molecule is CN=C(NCc1ccc(OC2CCCC2)nc1)NCc1ccsc1. The van der Waals surface area contributed by atoms with E-state index in [1.807, 2.05) is 12.3 Å². The zero-order valence-electron chi connectivity index (χ0n) is 14.0. The molecule has 0 aliphatic heterocycles. The Morgan fingerprint density at radius 2 is 2.00 bits per heavy atom. The number of aliphatic imine (C=N–C) groups is 1. The average molecular weight is 344 g/mol. The van der Waals surface area contributed by atoms with E-state index < -0.39 is 0 Å². The minimum atomic E-state index is 0.349. The van der Waals surface area contributed by atoms with Crippen LogP contribution >= 0.6 is 11.3 Å². The van der Waals surface area contributed by atoms with Gasteiger partial charge in [-0.25, -0.2) is 4.98 Å². The number of nitrogens with one attached hydrogen (secondary N) is 2. The van der Waals surface area contributed by atoms with E-state index in [9.17, 15) is 0 Å². The number of hydrogen-bond donors (Lipinski definition) is 2. The molecule has 0 amide bonds. The summed E-state index contributed by atoms with van der Waals surface area (Å²) >= 11 is 1.70. The van der Waals surface area contributed by atoms with Crippen LogP contribution < -0.4 is 15.4 Å². The Kier molecular flexibility index (Phi) is 6.07. The summed E-state index contributed by atoms with van der Waals surface area (Å²) in [6, 6.07) is 6.12. The molecule has 1 aliphatic carbocycles. The van der Waals surface area contributed by atoms with Gasteiger partial charge in [0.05, 0.1) is 0 Å². The van der Waals surface area contributed by atoms with Gasteiger partial charge in [-0.05, 0) is 53.6 Å². The molecular formula is C18H24N4OS. The van der Waals surface area contributed by atoms with Gasteiger partial charge < -0.3 is 15.4 Å². The van der Waals surface area contributed by atoms with Crippen LogP contribution in [0.3, 0.4) is 0 Å². The molecule has 1 fully saturated rings. The number of guanidine groups is 1. The first-order valence-electron chi connectivity index (χ1n) is 8.40. The molecule has 1 aliphatic rings. The molecule has 6 heteroatoms. The van der Waals surface area contributed by atoms with Crippen molar-refractivity contribution in [1.29, 1.82) is 0 Å². The third kappa shape index (κ3) is 4.96. The lowest BCUT2D eigenvalue weighted by Gasteiger charge is -2.13. The van der Waals surface area contributed by atoms with Crippen LogP contribution in [-0.2, 0) is 13.1 Å². The maximum atomic E-state index is 5.89. The predicted octanol–water partition coefficient (Wildman–Crippen LogP) is 3.33. The van der Waals surface area contributed by atoms with Gasteiger partial charge in [-0.15, -0.1) is 0 Å². The summed E-state index contributed by atoms with van der Waals surface area (Å²) in [5.74, 6) is 1.51. The second-order valence-electron chi connectivity index (χ2n) is 5.94. The molecule has 0 spiro atoms. The normalized spacial score (nSPS) is 15.5. The number of rotatable bonds is 6. The van der Waals surface area contributed by atoms with Gasteiger partial charge in [0.1, 0.15) is 6.10 Å². The molecule has 2 aromatic rings. The molecule has 0 atom stereocenters. The number of ether oxygens (including phenoxy) is 1. The van der Waals surface area contributed by atoms with Crippen LogP contribution in [0.2, 0.25) is 0 Å². The lowest BCUT2D eigenvalue weighted by atomic mass is 10.3. The van der Waals surface area contributed by atoms with Crippen molar-refractivity contribution in [3.8, 4) is 5.88 Å². The van der Waals surface area contributed by atoms with Gasteiger partial charge >= 0.3 is 0 Å². The third-order valence-corrected chi connectivity index (χ3v) is 4.84. The average Bonchev–Trinajstić information content (AvgIpc) is 3.30. The zero-order chi connectivity index (χ0) is 16.6. The van der Waals surface area contributed by atoms with E-state index in [0.717, 1.165) is 36.8 Å². The number of hydrogen-bond acceptors (Lipinski definition) is 4. The van der Waals surface area contributed by atoms with Crippen molar-refractivity contribution in [3.05, 3.63) is 46.3 Å². The summed E-state index contributed by atoms with van der Waals surface area (Å²) in [5, 5.41) is 10.8. The number of pyridine rings is 1. The fourth-order valence-corrected chi connectivity index (χ4v) is 3.42. The lowest BCUT2D eigenvalue weighted by Crippen LogP contribution is -2.36. The molecule has 0 saturated heterocycles. The van der Waals surface area contributed by atoms with Crippen molar-refractivity contribution < 1.29 is 4.74 Å². The maximum Gasteiger partial charge on any atom is 0.213 e. The van der Waals surface area contributed by atoms with E-state index in [0.29, 0.717) is 12.6 Å². The first-order chi connectivity index (χ1) is 11.8. The highest BCUT2D eigenvalue weighted by molar-refractivity contribution is 7.07. The number of thiophene rings is 1. The van der Waals surface area contributed by atoms with Crippen LogP contribution in [0.25, 0.3) is 0 Å². The number of aromatic nitrogens is 1. The minimum Gasteiger partial charge on any atom is -0.474 e. The van der Waals surface area contributed by atoms with Crippen LogP contribution in [0.15, 0.2) is 40.1 Å². The summed E-state index contributed by atoms with van der Waals surface area (Å²) in [5.41, 5.74) is 2.37. The standard InChI is InChI=1S/C18H24N4OS/c1-19-18(22-12-15-8-9-24-13-15)21-11-14-6-7-17(20-10-14)23-16-4-2-3-5-16/h6-10,13,16H,2-5,11-12H2,1H3,(H2,19,21,22). The smallest absolute Gasteiger partial charge is 0.213 e. The zero-order valence-corrected chi connectivity index (χ0v) is 14.8. The molecule has 2 heterocycles. The topological polar surface area (TPSA) is 58.5 Å². The molecule has 5 nitrogen and oxygen atoms in total. The first-order valence-corrected chi connectivity index (χ1v) is 9.35. The van der Waals surface area contributed by atoms with Gasteiger partial charge in [0.25, 0.3) is 0 Å². The van der Waals surface area contributed by atoms with Gasteiger partial charge in [-0.1, -0.05) is 6.07 Å². The van der Waals surface area contributed by atoms with E-state index >= 15 is 0 Å². The Balaban J connectivity index is 1.44. The van der Waals surface area contributed by atoms with Crippen molar-refractivity contribution >= 4 is 17.3 Å². The van der Waals surface area contributed by atoms with Gasteiger partial charge in [0.2, 0.25) is 5.88 Å². The molecule has 0 bridgehead atoms. The summed E-state index contributed by atoms with van der Waals surface area (Å²) in [6.07, 6.45) is 7.05. The van der Waals surface area contributed by atoms with Crippen molar-refractivity contribution in [2.45, 2.75) is 44.9 Å². The van der Waals surface area contributed by atoms with E-state index in [1.165, 1.54) is 18.4 Å². The van der Waals surface area contributed by atoms with E-state index in [-0.39, 0.29) is 0 Å². The molecule has 0 radical (unpaired) electrons. The largest absolute Gasteiger partial charge is 0.474 e. The molecule has 24 heavy (non-hydrogen) atoms. The van der Waals surface area contributed by atoms with Crippen LogP contribution in [0.4, 0.5) is 0 Å². The highest BCUT2D eigenvalue weighted by atomic mass is 32.1. The molecule has 1 saturated carbocycles. The van der Waals surface area contributed by atoms with E-state index in [2.05, 4.69) is 43.5 Å². The molecule has 2 aromatic heterocycles. The lowest BCUT2D eigenvalue weighted by molar-refractivity contribution is 0.201. The summed E-state index contributed by atoms with van der Waals surface area (Å²) in [4.78, 5) is 8.65. The van der Waals surface area contributed by atoms with Gasteiger partial charge in [-0.2, -0.15) is 11.3 Å². The van der Waals surface area contributed by atoms with Crippen LogP contribution in [0.5, 0.6) is 5.88 Å². The second-order valence-corrected chi connectivity index (χ2v) is 6.72. The van der Waals surface area contributed by atoms with Crippen LogP contribution in [0.1, 0.15) is 36.8 Å². The Morgan fingerprint density at radius 1 is 1.21 bits per heavy atom. The quantitative estimate of drug-likeness (QED) is 0.623. The summed E-state index contributed by atoms with van der Waals surface area (Å²) in [7, 11) is 1.78. The fourth-order valence-electron chi connectivity index (χ4n) is 2.75. The Labute approximate surface area is 147 Å². The number of nitrogens with zero attached hydrogens (tertiary/aromatic N) is 2. The predicted molar refractivity (Wildman–Crippen MR) is 98.5 cm³/mol. The van der Waals surface area contributed by atoms with E-state index in [1.54, 1.807) is 18.4 Å². The van der Waals surface area contributed by atoms with Gasteiger partial charge in [-0.3, -0.25) is 4.99 Å². The highest BCUT2D eigenvalue weighted by Crippen LogP contribution is 2.22. The second kappa shape index (κ2) is 8.68. The Bertz CT molecular complexity index is 634. The van der Waals surface area contributed by atoms with Gasteiger partial charge in [0.15, 0.2) is 5.96 Å².